The molecule has 0 aliphatic heterocycles. The van der Waals surface area contributed by atoms with E-state index in [1.54, 1.807) is 0 Å². The predicted octanol–water partition coefficient (Wildman–Crippen LogP) is 11.4. The molecule has 0 aromatic rings. The lowest BCUT2D eigenvalue weighted by Gasteiger charge is -2.19. The number of phosphoric acid groups is 1. The van der Waals surface area contributed by atoms with Crippen molar-refractivity contribution in [3.63, 3.8) is 0 Å². The maximum absolute atomic E-state index is 12.5. The lowest BCUT2D eigenvalue weighted by atomic mass is 10.0. The number of carbonyl (C=O) groups excluding carboxylic acids is 2. The molecule has 0 aromatic heterocycles. The second kappa shape index (κ2) is 37.5. The van der Waals surface area contributed by atoms with Crippen LogP contribution in [-0.4, -0.2) is 49.3 Å². The molecule has 0 aliphatic rings. The second-order valence-electron chi connectivity index (χ2n) is 13.9. The number of carbonyl (C=O) groups is 2. The molecule has 0 aliphatic carbocycles. The molecule has 0 rings (SSSR count). The quantitative estimate of drug-likeness (QED) is 0.0274. The van der Waals surface area contributed by atoms with Gasteiger partial charge in [-0.15, -0.1) is 0 Å². The van der Waals surface area contributed by atoms with Gasteiger partial charge in [0.25, 0.3) is 0 Å². The van der Waals surface area contributed by atoms with Crippen molar-refractivity contribution >= 4 is 19.8 Å². The van der Waals surface area contributed by atoms with Crippen LogP contribution in [0.25, 0.3) is 0 Å². The molecule has 0 fully saturated rings. The maximum Gasteiger partial charge on any atom is 0.472 e. The maximum atomic E-state index is 12.5. The Kier molecular flexibility index (Phi) is 36.6. The van der Waals surface area contributed by atoms with Gasteiger partial charge in [-0.3, -0.25) is 18.6 Å². The molecule has 1 unspecified atom stereocenters. The summed E-state index contributed by atoms with van der Waals surface area (Å²) in [4.78, 5) is 34.8. The summed E-state index contributed by atoms with van der Waals surface area (Å²) < 4.78 is 32.7. The van der Waals surface area contributed by atoms with E-state index in [1.807, 2.05) is 0 Å². The van der Waals surface area contributed by atoms with Gasteiger partial charge in [-0.1, -0.05) is 161 Å². The van der Waals surface area contributed by atoms with Gasteiger partial charge >= 0.3 is 19.8 Å². The Bertz CT molecular complexity index is 840. The summed E-state index contributed by atoms with van der Waals surface area (Å²) in [5, 5.41) is 0. The summed E-state index contributed by atoms with van der Waals surface area (Å²) in [7, 11) is -4.37. The van der Waals surface area contributed by atoms with Crippen LogP contribution >= 0.6 is 7.82 Å². The third kappa shape index (κ3) is 36.5. The molecular formula is C40H78NO8P. The normalized spacial score (nSPS) is 13.4. The molecule has 3 N–H and O–H groups in total. The van der Waals surface area contributed by atoms with Crippen LogP contribution in [0.3, 0.4) is 0 Å². The van der Waals surface area contributed by atoms with Crippen LogP contribution in [-0.2, 0) is 32.7 Å². The van der Waals surface area contributed by atoms with Crippen molar-refractivity contribution in [1.82, 2.24) is 0 Å². The lowest BCUT2D eigenvalue weighted by molar-refractivity contribution is -0.161. The van der Waals surface area contributed by atoms with Gasteiger partial charge in [0.1, 0.15) is 6.61 Å². The van der Waals surface area contributed by atoms with Crippen LogP contribution in [0.5, 0.6) is 0 Å². The van der Waals surface area contributed by atoms with Crippen LogP contribution < -0.4 is 5.73 Å². The molecule has 0 aromatic carbocycles. The third-order valence-corrected chi connectivity index (χ3v) is 9.89. The van der Waals surface area contributed by atoms with E-state index in [0.717, 1.165) is 51.4 Å². The first-order chi connectivity index (χ1) is 24.3. The number of ether oxygens (including phenoxy) is 2. The molecule has 0 saturated heterocycles. The molecule has 2 atom stereocenters. The fraction of sp³-hybridized carbons (Fsp3) is 0.900. The highest BCUT2D eigenvalue weighted by molar-refractivity contribution is 7.47. The second-order valence-corrected chi connectivity index (χ2v) is 15.3. The first-order valence-electron chi connectivity index (χ1n) is 20.7. The summed E-state index contributed by atoms with van der Waals surface area (Å²) >= 11 is 0. The van der Waals surface area contributed by atoms with E-state index in [9.17, 15) is 19.0 Å². The number of phosphoric ester groups is 1. The Morgan fingerprint density at radius 2 is 0.980 bits per heavy atom. The molecule has 50 heavy (non-hydrogen) atoms. The molecule has 296 valence electrons. The Morgan fingerprint density at radius 1 is 0.580 bits per heavy atom. The van der Waals surface area contributed by atoms with E-state index in [0.29, 0.717) is 6.42 Å². The molecule has 10 heteroatoms. The predicted molar refractivity (Wildman–Crippen MR) is 206 cm³/mol. The summed E-state index contributed by atoms with van der Waals surface area (Å²) in [6, 6.07) is 0. The minimum atomic E-state index is -4.37. The topological polar surface area (TPSA) is 134 Å². The van der Waals surface area contributed by atoms with Crippen LogP contribution in [0.2, 0.25) is 0 Å². The van der Waals surface area contributed by atoms with E-state index >= 15 is 0 Å². The van der Waals surface area contributed by atoms with Crippen LogP contribution in [0.15, 0.2) is 12.2 Å². The number of nitrogens with two attached hydrogens (primary N) is 1. The van der Waals surface area contributed by atoms with E-state index in [4.69, 9.17) is 24.3 Å². The highest BCUT2D eigenvalue weighted by Gasteiger charge is 2.26. The molecule has 0 spiro atoms. The van der Waals surface area contributed by atoms with Gasteiger partial charge in [0.2, 0.25) is 0 Å². The van der Waals surface area contributed by atoms with Crippen LogP contribution in [0.4, 0.5) is 0 Å². The first-order valence-corrected chi connectivity index (χ1v) is 22.2. The minimum absolute atomic E-state index is 0.0551. The van der Waals surface area contributed by atoms with E-state index in [2.05, 4.69) is 26.0 Å². The molecule has 0 amide bonds. The molecular weight excluding hydrogens is 653 g/mol. The Labute approximate surface area is 307 Å². The fourth-order valence-corrected chi connectivity index (χ4v) is 6.57. The zero-order valence-electron chi connectivity index (χ0n) is 32.4. The Balaban J connectivity index is 4.17. The number of unbranched alkanes of at least 4 members (excludes halogenated alkanes) is 24. The molecule has 0 radical (unpaired) electrons. The van der Waals surface area contributed by atoms with Crippen LogP contribution in [0, 0.1) is 0 Å². The van der Waals surface area contributed by atoms with Crippen molar-refractivity contribution in [2.24, 2.45) is 5.73 Å². The highest BCUT2D eigenvalue weighted by Crippen LogP contribution is 2.43. The van der Waals surface area contributed by atoms with E-state index in [1.165, 1.54) is 116 Å². The van der Waals surface area contributed by atoms with E-state index < -0.39 is 26.5 Å². The van der Waals surface area contributed by atoms with Gasteiger partial charge in [-0.05, 0) is 38.5 Å². The number of hydrogen-bond acceptors (Lipinski definition) is 8. The molecule has 0 bridgehead atoms. The summed E-state index contributed by atoms with van der Waals surface area (Å²) in [6.45, 7) is 3.73. The Hall–Kier alpha value is -1.25. The van der Waals surface area contributed by atoms with Crippen molar-refractivity contribution in [3.8, 4) is 0 Å². The number of rotatable bonds is 39. The molecule has 0 heterocycles. The Morgan fingerprint density at radius 3 is 1.42 bits per heavy atom. The standard InChI is InChI=1S/C40H78NO8P/c1-3-5-7-9-11-13-15-17-19-21-23-25-27-29-31-33-40(43)49-38(37-48-50(44,45)47-35-34-41)36-46-39(42)32-30-28-26-24-22-20-18-16-14-12-10-8-6-4-2/h16,18,38H,3-15,17,19-37,41H2,1-2H3,(H,44,45)/b18-16-/t38-/m1/s1. The van der Waals surface area contributed by atoms with Crippen molar-refractivity contribution in [1.29, 1.82) is 0 Å². The van der Waals surface area contributed by atoms with Gasteiger partial charge < -0.3 is 20.1 Å². The molecule has 9 nitrogen and oxygen atoms in total. The van der Waals surface area contributed by atoms with Gasteiger partial charge in [-0.25, -0.2) is 4.57 Å². The average Bonchev–Trinajstić information content (AvgIpc) is 3.10. The largest absolute Gasteiger partial charge is 0.472 e. The average molecular weight is 732 g/mol. The smallest absolute Gasteiger partial charge is 0.462 e. The highest BCUT2D eigenvalue weighted by atomic mass is 31.2. The summed E-state index contributed by atoms with van der Waals surface area (Å²) in [5.41, 5.74) is 5.34. The van der Waals surface area contributed by atoms with Crippen molar-refractivity contribution in [2.45, 2.75) is 206 Å². The molecule has 0 saturated carbocycles. The third-order valence-electron chi connectivity index (χ3n) is 8.90. The van der Waals surface area contributed by atoms with Crippen molar-refractivity contribution in [3.05, 3.63) is 12.2 Å². The van der Waals surface area contributed by atoms with E-state index in [-0.39, 0.29) is 38.6 Å². The number of allylic oxidation sites excluding steroid dienone is 2. The monoisotopic (exact) mass is 732 g/mol. The van der Waals surface area contributed by atoms with Crippen LogP contribution in [0.1, 0.15) is 200 Å². The van der Waals surface area contributed by atoms with Crippen molar-refractivity contribution in [2.75, 3.05) is 26.4 Å². The van der Waals surface area contributed by atoms with Gasteiger partial charge in [0.05, 0.1) is 13.2 Å². The fourth-order valence-electron chi connectivity index (χ4n) is 5.81. The number of hydrogen-bond donors (Lipinski definition) is 2. The van der Waals surface area contributed by atoms with Gasteiger partial charge in [0, 0.05) is 19.4 Å². The van der Waals surface area contributed by atoms with Gasteiger partial charge in [-0.2, -0.15) is 0 Å². The zero-order valence-corrected chi connectivity index (χ0v) is 33.3. The first kappa shape index (κ1) is 48.8. The minimum Gasteiger partial charge on any atom is -0.462 e. The summed E-state index contributed by atoms with van der Waals surface area (Å²) in [6.07, 6.45) is 36.6. The SMILES string of the molecule is CCCCCCC/C=C\CCCCCCCC(=O)OC[C@H](COP(=O)(O)OCCN)OC(=O)CCCCCCCCCCCCCCCCC. The van der Waals surface area contributed by atoms with Gasteiger partial charge in [0.15, 0.2) is 6.10 Å². The number of esters is 2. The summed E-state index contributed by atoms with van der Waals surface area (Å²) in [5.74, 6) is -0.830. The zero-order chi connectivity index (χ0) is 36.8. The lowest BCUT2D eigenvalue weighted by Crippen LogP contribution is -2.29. The van der Waals surface area contributed by atoms with Crippen molar-refractivity contribution < 1.29 is 37.6 Å².